The molecule has 1 aromatic carbocycles. The number of halogens is 2. The summed E-state index contributed by atoms with van der Waals surface area (Å²) in [6.07, 6.45) is 0. The zero-order valence-corrected chi connectivity index (χ0v) is 5.64. The maximum Gasteiger partial charge on any atom is 0.146 e. The van der Waals surface area contributed by atoms with E-state index < -0.39 is 18.2 Å². The highest BCUT2D eigenvalue weighted by atomic mass is 19.1. The van der Waals surface area contributed by atoms with E-state index in [0.717, 1.165) is 12.1 Å². The van der Waals surface area contributed by atoms with Crippen molar-refractivity contribution in [2.75, 3.05) is 5.73 Å². The smallest absolute Gasteiger partial charge is 0.146 e. The van der Waals surface area contributed by atoms with Crippen molar-refractivity contribution in [3.8, 4) is 0 Å². The van der Waals surface area contributed by atoms with Crippen molar-refractivity contribution in [3.63, 3.8) is 0 Å². The van der Waals surface area contributed by atoms with E-state index in [1.165, 1.54) is 0 Å². The summed E-state index contributed by atoms with van der Waals surface area (Å²) >= 11 is 0. The van der Waals surface area contributed by atoms with Crippen LogP contribution in [0.5, 0.6) is 0 Å². The van der Waals surface area contributed by atoms with Crippen molar-refractivity contribution in [1.82, 2.24) is 0 Å². The average Bonchev–Trinajstić information content (AvgIpc) is 1.97. The first-order valence-electron chi connectivity index (χ1n) is 2.99. The number of anilines is 1. The summed E-state index contributed by atoms with van der Waals surface area (Å²) in [6.45, 7) is -0.525. The summed E-state index contributed by atoms with van der Waals surface area (Å²) in [5.74, 6) is -1.40. The van der Waals surface area contributed by atoms with Crippen LogP contribution in [-0.4, -0.2) is 5.11 Å². The van der Waals surface area contributed by atoms with Gasteiger partial charge in [-0.15, -0.1) is 0 Å². The lowest BCUT2D eigenvalue weighted by Crippen LogP contribution is -1.96. The van der Waals surface area contributed by atoms with Crippen molar-refractivity contribution < 1.29 is 13.9 Å². The molecular weight excluding hydrogens is 152 g/mol. The molecule has 0 atom stereocenters. The third-order valence-electron chi connectivity index (χ3n) is 1.34. The van der Waals surface area contributed by atoms with Crippen LogP contribution in [0.25, 0.3) is 0 Å². The zero-order chi connectivity index (χ0) is 8.43. The molecule has 0 amide bonds. The van der Waals surface area contributed by atoms with Crippen LogP contribution in [-0.2, 0) is 6.61 Å². The number of benzene rings is 1. The van der Waals surface area contributed by atoms with Gasteiger partial charge in [-0.05, 0) is 6.07 Å². The van der Waals surface area contributed by atoms with Crippen LogP contribution < -0.4 is 5.73 Å². The van der Waals surface area contributed by atoms with E-state index >= 15 is 0 Å². The average molecular weight is 159 g/mol. The van der Waals surface area contributed by atoms with Crippen molar-refractivity contribution in [2.24, 2.45) is 0 Å². The second kappa shape index (κ2) is 2.84. The largest absolute Gasteiger partial charge is 0.396 e. The minimum atomic E-state index is -0.713. The number of nitrogens with two attached hydrogens (primary N) is 1. The molecule has 0 aromatic heterocycles. The molecule has 11 heavy (non-hydrogen) atoms. The number of aliphatic hydroxyl groups is 1. The summed E-state index contributed by atoms with van der Waals surface area (Å²) in [4.78, 5) is 0. The molecule has 0 bridgehead atoms. The Morgan fingerprint density at radius 3 is 2.45 bits per heavy atom. The lowest BCUT2D eigenvalue weighted by atomic mass is 10.2. The van der Waals surface area contributed by atoms with Gasteiger partial charge in [0.05, 0.1) is 12.3 Å². The monoisotopic (exact) mass is 159 g/mol. The molecule has 0 unspecified atom stereocenters. The third kappa shape index (κ3) is 1.46. The van der Waals surface area contributed by atoms with Gasteiger partial charge in [0.2, 0.25) is 0 Å². The van der Waals surface area contributed by atoms with Crippen LogP contribution in [0, 0.1) is 11.6 Å². The van der Waals surface area contributed by atoms with Gasteiger partial charge in [0, 0.05) is 11.6 Å². The molecule has 0 heterocycles. The first kappa shape index (κ1) is 7.94. The Bertz CT molecular complexity index is 275. The molecule has 0 spiro atoms. The number of aliphatic hydroxyl groups excluding tert-OH is 1. The minimum Gasteiger partial charge on any atom is -0.396 e. The molecule has 0 aliphatic heterocycles. The Labute approximate surface area is 62.3 Å². The highest BCUT2D eigenvalue weighted by molar-refractivity contribution is 5.42. The normalized spacial score (nSPS) is 10.1. The number of nitrogen functional groups attached to an aromatic ring is 1. The predicted molar refractivity (Wildman–Crippen MR) is 36.7 cm³/mol. The van der Waals surface area contributed by atoms with E-state index in [-0.39, 0.29) is 11.3 Å². The fraction of sp³-hybridized carbons (Fsp3) is 0.143. The minimum absolute atomic E-state index is 0.0864. The maximum atomic E-state index is 12.6. The van der Waals surface area contributed by atoms with Gasteiger partial charge in [-0.3, -0.25) is 0 Å². The fourth-order valence-corrected chi connectivity index (χ4v) is 0.725. The molecule has 0 radical (unpaired) electrons. The Balaban J connectivity index is 3.21. The predicted octanol–water partition coefficient (Wildman–Crippen LogP) is 1.04. The third-order valence-corrected chi connectivity index (χ3v) is 1.34. The van der Waals surface area contributed by atoms with E-state index in [1.807, 2.05) is 0 Å². The van der Waals surface area contributed by atoms with Crippen LogP contribution in [0.1, 0.15) is 5.56 Å². The molecule has 1 aromatic rings. The van der Waals surface area contributed by atoms with Gasteiger partial charge in [-0.1, -0.05) is 0 Å². The van der Waals surface area contributed by atoms with Crippen molar-refractivity contribution in [1.29, 1.82) is 0 Å². The molecule has 3 N–H and O–H groups in total. The first-order chi connectivity index (χ1) is 5.15. The van der Waals surface area contributed by atoms with E-state index in [4.69, 9.17) is 10.8 Å². The van der Waals surface area contributed by atoms with E-state index in [9.17, 15) is 8.78 Å². The summed E-state index contributed by atoms with van der Waals surface area (Å²) in [7, 11) is 0. The van der Waals surface area contributed by atoms with Gasteiger partial charge >= 0.3 is 0 Å². The van der Waals surface area contributed by atoms with Crippen LogP contribution >= 0.6 is 0 Å². The molecule has 4 heteroatoms. The molecule has 60 valence electrons. The topological polar surface area (TPSA) is 46.2 Å². The van der Waals surface area contributed by atoms with Gasteiger partial charge in [-0.25, -0.2) is 8.78 Å². The number of hydrogen-bond donors (Lipinski definition) is 2. The van der Waals surface area contributed by atoms with Crippen molar-refractivity contribution in [3.05, 3.63) is 29.3 Å². The van der Waals surface area contributed by atoms with Gasteiger partial charge in [0.25, 0.3) is 0 Å². The molecule has 1 rings (SSSR count). The van der Waals surface area contributed by atoms with Gasteiger partial charge in [0.15, 0.2) is 0 Å². The molecule has 0 saturated heterocycles. The van der Waals surface area contributed by atoms with Crippen LogP contribution in [0.2, 0.25) is 0 Å². The van der Waals surface area contributed by atoms with E-state index in [0.29, 0.717) is 0 Å². The molecule has 0 aliphatic rings. The number of rotatable bonds is 1. The maximum absolute atomic E-state index is 12.6. The van der Waals surface area contributed by atoms with Crippen LogP contribution in [0.4, 0.5) is 14.5 Å². The molecular formula is C7H7F2NO. The van der Waals surface area contributed by atoms with Gasteiger partial charge in [0.1, 0.15) is 11.6 Å². The summed E-state index contributed by atoms with van der Waals surface area (Å²) in [6, 6.07) is 1.73. The fourth-order valence-electron chi connectivity index (χ4n) is 0.725. The number of hydrogen-bond acceptors (Lipinski definition) is 2. The first-order valence-corrected chi connectivity index (χ1v) is 2.99. The standard InChI is InChI=1S/C7H7F2NO/c8-5-2-7(10)6(9)1-4(5)3-11/h1-2,11H,3,10H2. The molecule has 0 saturated carbocycles. The van der Waals surface area contributed by atoms with Gasteiger partial charge < -0.3 is 10.8 Å². The van der Waals surface area contributed by atoms with Crippen molar-refractivity contribution >= 4 is 5.69 Å². The molecule has 0 fully saturated rings. The quantitative estimate of drug-likeness (QED) is 0.601. The SMILES string of the molecule is Nc1cc(F)c(CO)cc1F. The lowest BCUT2D eigenvalue weighted by Gasteiger charge is -2.00. The van der Waals surface area contributed by atoms with E-state index in [2.05, 4.69) is 0 Å². The van der Waals surface area contributed by atoms with Crippen molar-refractivity contribution in [2.45, 2.75) is 6.61 Å². The zero-order valence-electron chi connectivity index (χ0n) is 5.64. The van der Waals surface area contributed by atoms with Crippen LogP contribution in [0.15, 0.2) is 12.1 Å². The van der Waals surface area contributed by atoms with E-state index in [1.54, 1.807) is 0 Å². The summed E-state index contributed by atoms with van der Waals surface area (Å²) < 4.78 is 25.2. The summed E-state index contributed by atoms with van der Waals surface area (Å²) in [5, 5.41) is 8.49. The van der Waals surface area contributed by atoms with Gasteiger partial charge in [-0.2, -0.15) is 0 Å². The second-order valence-corrected chi connectivity index (χ2v) is 2.12. The highest BCUT2D eigenvalue weighted by Crippen LogP contribution is 2.15. The highest BCUT2D eigenvalue weighted by Gasteiger charge is 2.05. The Hall–Kier alpha value is -1.16. The molecule has 2 nitrogen and oxygen atoms in total. The Morgan fingerprint density at radius 2 is 1.91 bits per heavy atom. The van der Waals surface area contributed by atoms with Crippen LogP contribution in [0.3, 0.4) is 0 Å². The Morgan fingerprint density at radius 1 is 1.27 bits per heavy atom. The second-order valence-electron chi connectivity index (χ2n) is 2.12. The molecule has 0 aliphatic carbocycles. The lowest BCUT2D eigenvalue weighted by molar-refractivity contribution is 0.275. The summed E-state index contributed by atoms with van der Waals surface area (Å²) in [5.41, 5.74) is 4.71. The Kier molecular flexibility index (Phi) is 2.05.